The Morgan fingerprint density at radius 3 is 2.71 bits per heavy atom. The molecule has 92 valence electrons. The molecule has 3 rings (SSSR count). The van der Waals surface area contributed by atoms with E-state index in [1.54, 1.807) is 12.1 Å². The van der Waals surface area contributed by atoms with Gasteiger partial charge < -0.3 is 0 Å². The van der Waals surface area contributed by atoms with Crippen LogP contribution in [0.2, 0.25) is 0 Å². The Kier molecular flexibility index (Phi) is 2.53. The predicted octanol–water partition coefficient (Wildman–Crippen LogP) is 4.76. The van der Waals surface area contributed by atoms with Crippen molar-refractivity contribution in [1.29, 1.82) is 0 Å². The summed E-state index contributed by atoms with van der Waals surface area (Å²) < 4.78 is 14.0. The SMILES string of the molecule is CC(C)C12CCC(CC1c1ccccc1F)C2. The van der Waals surface area contributed by atoms with Gasteiger partial charge >= 0.3 is 0 Å². The lowest BCUT2D eigenvalue weighted by atomic mass is 9.65. The van der Waals surface area contributed by atoms with Gasteiger partial charge in [0.05, 0.1) is 0 Å². The van der Waals surface area contributed by atoms with Crippen LogP contribution in [0.4, 0.5) is 4.39 Å². The predicted molar refractivity (Wildman–Crippen MR) is 68.4 cm³/mol. The monoisotopic (exact) mass is 232 g/mol. The molecule has 2 saturated carbocycles. The maximum absolute atomic E-state index is 14.0. The third kappa shape index (κ3) is 1.55. The van der Waals surface area contributed by atoms with E-state index in [1.807, 2.05) is 12.1 Å². The molecule has 1 aromatic carbocycles. The van der Waals surface area contributed by atoms with E-state index in [-0.39, 0.29) is 5.82 Å². The fourth-order valence-corrected chi connectivity index (χ4v) is 4.42. The minimum absolute atomic E-state index is 0.00470. The number of benzene rings is 1. The zero-order valence-electron chi connectivity index (χ0n) is 10.7. The quantitative estimate of drug-likeness (QED) is 0.690. The van der Waals surface area contributed by atoms with E-state index >= 15 is 0 Å². The highest BCUT2D eigenvalue weighted by molar-refractivity contribution is 5.28. The minimum Gasteiger partial charge on any atom is -0.207 e. The molecule has 0 nitrogen and oxygen atoms in total. The van der Waals surface area contributed by atoms with E-state index in [4.69, 9.17) is 0 Å². The summed E-state index contributed by atoms with van der Waals surface area (Å²) >= 11 is 0. The Labute approximate surface area is 103 Å². The first-order valence-electron chi connectivity index (χ1n) is 6.88. The summed E-state index contributed by atoms with van der Waals surface area (Å²) in [7, 11) is 0. The highest BCUT2D eigenvalue weighted by Gasteiger charge is 2.54. The molecule has 1 heteroatoms. The van der Waals surface area contributed by atoms with Gasteiger partial charge in [0.1, 0.15) is 5.82 Å². The van der Waals surface area contributed by atoms with Crippen LogP contribution in [0, 0.1) is 23.1 Å². The highest BCUT2D eigenvalue weighted by Crippen LogP contribution is 2.64. The topological polar surface area (TPSA) is 0 Å². The zero-order chi connectivity index (χ0) is 12.0. The molecule has 0 spiro atoms. The molecule has 0 radical (unpaired) electrons. The van der Waals surface area contributed by atoms with E-state index in [2.05, 4.69) is 13.8 Å². The van der Waals surface area contributed by atoms with Crippen molar-refractivity contribution >= 4 is 0 Å². The first-order valence-corrected chi connectivity index (χ1v) is 6.88. The fourth-order valence-electron chi connectivity index (χ4n) is 4.42. The van der Waals surface area contributed by atoms with Gasteiger partial charge in [-0.2, -0.15) is 0 Å². The van der Waals surface area contributed by atoms with Gasteiger partial charge in [-0.05, 0) is 60.5 Å². The largest absolute Gasteiger partial charge is 0.207 e. The van der Waals surface area contributed by atoms with Crippen molar-refractivity contribution in [3.63, 3.8) is 0 Å². The normalized spacial score (nSPS) is 35.8. The van der Waals surface area contributed by atoms with E-state index in [1.165, 1.54) is 25.7 Å². The van der Waals surface area contributed by atoms with E-state index < -0.39 is 0 Å². The molecule has 0 saturated heterocycles. The van der Waals surface area contributed by atoms with Crippen LogP contribution in [0.5, 0.6) is 0 Å². The van der Waals surface area contributed by atoms with Crippen molar-refractivity contribution in [2.45, 2.75) is 45.4 Å². The molecular weight excluding hydrogens is 211 g/mol. The van der Waals surface area contributed by atoms with E-state index in [9.17, 15) is 4.39 Å². The van der Waals surface area contributed by atoms with Crippen LogP contribution >= 0.6 is 0 Å². The van der Waals surface area contributed by atoms with Crippen LogP contribution in [0.3, 0.4) is 0 Å². The van der Waals surface area contributed by atoms with Gasteiger partial charge in [-0.15, -0.1) is 0 Å². The van der Waals surface area contributed by atoms with Gasteiger partial charge in [0.15, 0.2) is 0 Å². The lowest BCUT2D eigenvalue weighted by molar-refractivity contribution is 0.162. The lowest BCUT2D eigenvalue weighted by Crippen LogP contribution is -2.29. The van der Waals surface area contributed by atoms with Crippen LogP contribution in [-0.4, -0.2) is 0 Å². The molecule has 0 amide bonds. The summed E-state index contributed by atoms with van der Waals surface area (Å²) in [5, 5.41) is 0. The van der Waals surface area contributed by atoms with Gasteiger partial charge in [-0.25, -0.2) is 4.39 Å². The summed E-state index contributed by atoms with van der Waals surface area (Å²) in [6.07, 6.45) is 5.19. The minimum atomic E-state index is 0.00470. The number of halogens is 1. The van der Waals surface area contributed by atoms with Crippen LogP contribution in [0.1, 0.15) is 51.0 Å². The van der Waals surface area contributed by atoms with Crippen molar-refractivity contribution in [3.8, 4) is 0 Å². The molecule has 2 aliphatic carbocycles. The molecule has 0 heterocycles. The lowest BCUT2D eigenvalue weighted by Gasteiger charge is -2.39. The Hall–Kier alpha value is -0.850. The summed E-state index contributed by atoms with van der Waals surface area (Å²) in [6.45, 7) is 4.64. The Bertz CT molecular complexity index is 423. The average molecular weight is 232 g/mol. The Morgan fingerprint density at radius 1 is 1.29 bits per heavy atom. The Balaban J connectivity index is 2.02. The van der Waals surface area contributed by atoms with Crippen molar-refractivity contribution in [2.75, 3.05) is 0 Å². The fraction of sp³-hybridized carbons (Fsp3) is 0.625. The summed E-state index contributed by atoms with van der Waals surface area (Å²) in [5.41, 5.74) is 1.36. The van der Waals surface area contributed by atoms with Gasteiger partial charge in [0.25, 0.3) is 0 Å². The molecule has 2 bridgehead atoms. The Morgan fingerprint density at radius 2 is 2.06 bits per heavy atom. The van der Waals surface area contributed by atoms with E-state index in [0.29, 0.717) is 17.3 Å². The highest BCUT2D eigenvalue weighted by atomic mass is 19.1. The summed E-state index contributed by atoms with van der Waals surface area (Å²) in [4.78, 5) is 0. The first-order chi connectivity index (χ1) is 8.13. The van der Waals surface area contributed by atoms with Crippen molar-refractivity contribution < 1.29 is 4.39 Å². The smallest absolute Gasteiger partial charge is 0.126 e. The van der Waals surface area contributed by atoms with E-state index in [0.717, 1.165) is 11.5 Å². The average Bonchev–Trinajstić information content (AvgIpc) is 2.88. The second-order valence-electron chi connectivity index (χ2n) is 6.31. The van der Waals surface area contributed by atoms with Crippen LogP contribution in [-0.2, 0) is 0 Å². The van der Waals surface area contributed by atoms with Gasteiger partial charge in [-0.1, -0.05) is 32.0 Å². The second kappa shape index (κ2) is 3.83. The van der Waals surface area contributed by atoms with Crippen molar-refractivity contribution in [2.24, 2.45) is 17.3 Å². The number of fused-ring (bicyclic) bond motifs is 2. The van der Waals surface area contributed by atoms with Gasteiger partial charge in [0.2, 0.25) is 0 Å². The number of rotatable bonds is 2. The van der Waals surface area contributed by atoms with Crippen LogP contribution in [0.25, 0.3) is 0 Å². The van der Waals surface area contributed by atoms with Crippen LogP contribution < -0.4 is 0 Å². The molecule has 3 unspecified atom stereocenters. The van der Waals surface area contributed by atoms with Crippen molar-refractivity contribution in [1.82, 2.24) is 0 Å². The molecular formula is C16H21F. The van der Waals surface area contributed by atoms with Crippen LogP contribution in [0.15, 0.2) is 24.3 Å². The molecule has 0 N–H and O–H groups in total. The zero-order valence-corrected chi connectivity index (χ0v) is 10.7. The first kappa shape index (κ1) is 11.3. The third-order valence-corrected chi connectivity index (χ3v) is 5.38. The molecule has 2 fully saturated rings. The maximum atomic E-state index is 14.0. The number of hydrogen-bond donors (Lipinski definition) is 0. The van der Waals surface area contributed by atoms with Gasteiger partial charge in [-0.3, -0.25) is 0 Å². The molecule has 0 aromatic heterocycles. The standard InChI is InChI=1S/C16H21F/c1-11(2)16-8-7-12(10-16)9-14(16)13-5-3-4-6-15(13)17/h3-6,11-12,14H,7-10H2,1-2H3. The molecule has 17 heavy (non-hydrogen) atoms. The number of hydrogen-bond acceptors (Lipinski definition) is 0. The van der Waals surface area contributed by atoms with Gasteiger partial charge in [0, 0.05) is 0 Å². The molecule has 1 aromatic rings. The maximum Gasteiger partial charge on any atom is 0.126 e. The summed E-state index contributed by atoms with van der Waals surface area (Å²) in [6, 6.07) is 7.41. The molecule has 3 atom stereocenters. The second-order valence-corrected chi connectivity index (χ2v) is 6.31. The molecule has 2 aliphatic rings. The summed E-state index contributed by atoms with van der Waals surface area (Å²) in [5.74, 6) is 1.98. The third-order valence-electron chi connectivity index (χ3n) is 5.38. The molecule has 0 aliphatic heterocycles. The van der Waals surface area contributed by atoms with Crippen molar-refractivity contribution in [3.05, 3.63) is 35.6 Å².